The SMILES string of the molecule is O=C(NNC(=O)c1cc([N+](=O)[O-])ccc1N1CCOCC1)c1ccccn1. The summed E-state index contributed by atoms with van der Waals surface area (Å²) in [5.41, 5.74) is 5.09. The number of pyridine rings is 1. The van der Waals surface area contributed by atoms with Crippen LogP contribution in [0.2, 0.25) is 0 Å². The van der Waals surface area contributed by atoms with Gasteiger partial charge < -0.3 is 9.64 Å². The number of carbonyl (C=O) groups is 2. The van der Waals surface area contributed by atoms with Gasteiger partial charge >= 0.3 is 0 Å². The first-order chi connectivity index (χ1) is 13.1. The summed E-state index contributed by atoms with van der Waals surface area (Å²) in [6, 6.07) is 8.85. The number of nitro benzene ring substituents is 1. The zero-order valence-corrected chi connectivity index (χ0v) is 14.3. The molecule has 1 aromatic heterocycles. The highest BCUT2D eigenvalue weighted by atomic mass is 16.6. The van der Waals surface area contributed by atoms with Crippen molar-refractivity contribution in [1.29, 1.82) is 0 Å². The lowest BCUT2D eigenvalue weighted by molar-refractivity contribution is -0.384. The van der Waals surface area contributed by atoms with Crippen LogP contribution in [-0.2, 0) is 4.74 Å². The van der Waals surface area contributed by atoms with Crippen molar-refractivity contribution in [2.45, 2.75) is 0 Å². The van der Waals surface area contributed by atoms with E-state index in [1.54, 1.807) is 12.1 Å². The van der Waals surface area contributed by atoms with Crippen molar-refractivity contribution in [3.05, 3.63) is 64.0 Å². The van der Waals surface area contributed by atoms with Crippen LogP contribution in [0, 0.1) is 10.1 Å². The van der Waals surface area contributed by atoms with Crippen molar-refractivity contribution in [3.63, 3.8) is 0 Å². The number of non-ortho nitro benzene ring substituents is 1. The average molecular weight is 371 g/mol. The van der Waals surface area contributed by atoms with Crippen LogP contribution < -0.4 is 15.8 Å². The van der Waals surface area contributed by atoms with Gasteiger partial charge in [0.25, 0.3) is 17.5 Å². The number of anilines is 1. The van der Waals surface area contributed by atoms with E-state index < -0.39 is 16.7 Å². The Morgan fingerprint density at radius 3 is 2.52 bits per heavy atom. The van der Waals surface area contributed by atoms with E-state index >= 15 is 0 Å². The van der Waals surface area contributed by atoms with E-state index in [0.717, 1.165) is 0 Å². The Balaban J connectivity index is 1.79. The van der Waals surface area contributed by atoms with Crippen LogP contribution in [0.4, 0.5) is 11.4 Å². The molecule has 27 heavy (non-hydrogen) atoms. The fourth-order valence-corrected chi connectivity index (χ4v) is 2.64. The number of aromatic nitrogens is 1. The molecule has 3 rings (SSSR count). The van der Waals surface area contributed by atoms with Crippen LogP contribution in [0.3, 0.4) is 0 Å². The number of benzene rings is 1. The summed E-state index contributed by atoms with van der Waals surface area (Å²) < 4.78 is 5.30. The Labute approximate surface area is 154 Å². The number of nitrogens with zero attached hydrogens (tertiary/aromatic N) is 3. The molecule has 0 aliphatic carbocycles. The second kappa shape index (κ2) is 8.23. The van der Waals surface area contributed by atoms with Gasteiger partial charge in [-0.2, -0.15) is 0 Å². The maximum absolute atomic E-state index is 12.6. The van der Waals surface area contributed by atoms with Crippen LogP contribution >= 0.6 is 0 Å². The molecular weight excluding hydrogens is 354 g/mol. The molecule has 1 fully saturated rings. The van der Waals surface area contributed by atoms with Gasteiger partial charge in [-0.25, -0.2) is 0 Å². The second-order valence-corrected chi connectivity index (χ2v) is 5.68. The highest BCUT2D eigenvalue weighted by Crippen LogP contribution is 2.26. The van der Waals surface area contributed by atoms with E-state index in [-0.39, 0.29) is 16.9 Å². The summed E-state index contributed by atoms with van der Waals surface area (Å²) in [4.78, 5) is 40.9. The minimum absolute atomic E-state index is 0.0902. The smallest absolute Gasteiger partial charge is 0.288 e. The van der Waals surface area contributed by atoms with Crippen LogP contribution in [0.1, 0.15) is 20.8 Å². The number of hydrogen-bond donors (Lipinski definition) is 2. The van der Waals surface area contributed by atoms with Gasteiger partial charge in [0, 0.05) is 31.4 Å². The van der Waals surface area contributed by atoms with E-state index in [0.29, 0.717) is 32.0 Å². The Bertz CT molecular complexity index is 852. The van der Waals surface area contributed by atoms with Crippen LogP contribution in [0.15, 0.2) is 42.6 Å². The van der Waals surface area contributed by atoms with Crippen molar-refractivity contribution in [2.24, 2.45) is 0 Å². The van der Waals surface area contributed by atoms with Crippen molar-refractivity contribution >= 4 is 23.2 Å². The summed E-state index contributed by atoms with van der Waals surface area (Å²) in [7, 11) is 0. The first kappa shape index (κ1) is 18.3. The fraction of sp³-hybridized carbons (Fsp3) is 0.235. The molecule has 10 heteroatoms. The number of hydrazine groups is 1. The monoisotopic (exact) mass is 371 g/mol. The van der Waals surface area contributed by atoms with Gasteiger partial charge in [-0.3, -0.25) is 35.5 Å². The summed E-state index contributed by atoms with van der Waals surface area (Å²) in [5, 5.41) is 11.1. The molecular formula is C17H17N5O5. The number of morpholine rings is 1. The van der Waals surface area contributed by atoms with Crippen molar-refractivity contribution < 1.29 is 19.2 Å². The van der Waals surface area contributed by atoms with Crippen LogP contribution in [-0.4, -0.2) is 48.0 Å². The molecule has 0 saturated carbocycles. The first-order valence-electron chi connectivity index (χ1n) is 8.19. The zero-order chi connectivity index (χ0) is 19.2. The molecule has 1 aliphatic heterocycles. The summed E-state index contributed by atoms with van der Waals surface area (Å²) >= 11 is 0. The number of ether oxygens (including phenoxy) is 1. The molecule has 0 atom stereocenters. The van der Waals surface area contributed by atoms with Crippen LogP contribution in [0.25, 0.3) is 0 Å². The Hall–Kier alpha value is -3.53. The molecule has 0 spiro atoms. The second-order valence-electron chi connectivity index (χ2n) is 5.68. The predicted molar refractivity (Wildman–Crippen MR) is 95.3 cm³/mol. The molecule has 10 nitrogen and oxygen atoms in total. The fourth-order valence-electron chi connectivity index (χ4n) is 2.64. The lowest BCUT2D eigenvalue weighted by Gasteiger charge is -2.30. The van der Waals surface area contributed by atoms with E-state index in [1.165, 1.54) is 30.5 Å². The third kappa shape index (κ3) is 4.36. The Kier molecular flexibility index (Phi) is 5.57. The molecule has 0 radical (unpaired) electrons. The number of amides is 2. The lowest BCUT2D eigenvalue weighted by Crippen LogP contribution is -2.43. The largest absolute Gasteiger partial charge is 0.378 e. The standard InChI is InChI=1S/C17H17N5O5/c23-16(19-20-17(24)14-3-1-2-6-18-14)13-11-12(22(25)26)4-5-15(13)21-7-9-27-10-8-21/h1-6,11H,7-10H2,(H,19,23)(H,20,24). The van der Waals surface area contributed by atoms with Crippen LogP contribution in [0.5, 0.6) is 0 Å². The summed E-state index contributed by atoms with van der Waals surface area (Å²) in [5.74, 6) is -1.26. The van der Waals surface area contributed by atoms with Gasteiger partial charge in [0.2, 0.25) is 0 Å². The highest BCUT2D eigenvalue weighted by Gasteiger charge is 2.22. The zero-order valence-electron chi connectivity index (χ0n) is 14.3. The van der Waals surface area contributed by atoms with Crippen molar-refractivity contribution in [1.82, 2.24) is 15.8 Å². The molecule has 1 saturated heterocycles. The predicted octanol–water partition coefficient (Wildman–Crippen LogP) is 0.901. The molecule has 2 heterocycles. The molecule has 2 N–H and O–H groups in total. The number of hydrogen-bond acceptors (Lipinski definition) is 7. The molecule has 140 valence electrons. The quantitative estimate of drug-likeness (QED) is 0.604. The first-order valence-corrected chi connectivity index (χ1v) is 8.19. The molecule has 2 amide bonds. The minimum atomic E-state index is -0.663. The van der Waals surface area contributed by atoms with Gasteiger partial charge in [0.05, 0.1) is 29.4 Å². The van der Waals surface area contributed by atoms with Gasteiger partial charge in [-0.1, -0.05) is 6.07 Å². The van der Waals surface area contributed by atoms with Gasteiger partial charge in [-0.15, -0.1) is 0 Å². The molecule has 1 aliphatic rings. The molecule has 1 aromatic carbocycles. The Morgan fingerprint density at radius 2 is 1.85 bits per heavy atom. The number of nitrogens with one attached hydrogen (secondary N) is 2. The van der Waals surface area contributed by atoms with E-state index in [2.05, 4.69) is 15.8 Å². The maximum atomic E-state index is 12.6. The molecule has 2 aromatic rings. The van der Waals surface area contributed by atoms with E-state index in [9.17, 15) is 19.7 Å². The van der Waals surface area contributed by atoms with Gasteiger partial charge in [-0.05, 0) is 18.2 Å². The van der Waals surface area contributed by atoms with Crippen molar-refractivity contribution in [3.8, 4) is 0 Å². The molecule has 0 bridgehead atoms. The highest BCUT2D eigenvalue weighted by molar-refractivity contribution is 6.02. The number of carbonyl (C=O) groups excluding carboxylic acids is 2. The third-order valence-electron chi connectivity index (χ3n) is 3.97. The Morgan fingerprint density at radius 1 is 1.11 bits per heavy atom. The lowest BCUT2D eigenvalue weighted by atomic mass is 10.1. The average Bonchev–Trinajstić information content (AvgIpc) is 2.72. The van der Waals surface area contributed by atoms with Gasteiger partial charge in [0.15, 0.2) is 0 Å². The van der Waals surface area contributed by atoms with Crippen molar-refractivity contribution in [2.75, 3.05) is 31.2 Å². The summed E-state index contributed by atoms with van der Waals surface area (Å²) in [6.45, 7) is 2.10. The molecule has 0 unspecified atom stereocenters. The maximum Gasteiger partial charge on any atom is 0.288 e. The minimum Gasteiger partial charge on any atom is -0.378 e. The van der Waals surface area contributed by atoms with E-state index in [4.69, 9.17) is 4.74 Å². The number of nitro groups is 1. The third-order valence-corrected chi connectivity index (χ3v) is 3.97. The topological polar surface area (TPSA) is 127 Å². The number of rotatable bonds is 4. The summed E-state index contributed by atoms with van der Waals surface area (Å²) in [6.07, 6.45) is 1.45. The van der Waals surface area contributed by atoms with Gasteiger partial charge in [0.1, 0.15) is 5.69 Å². The van der Waals surface area contributed by atoms with E-state index in [1.807, 2.05) is 4.90 Å². The normalized spacial score (nSPS) is 13.7.